The van der Waals surface area contributed by atoms with E-state index in [0.29, 0.717) is 0 Å². The van der Waals surface area contributed by atoms with Crippen molar-refractivity contribution in [2.24, 2.45) is 0 Å². The number of benzene rings is 2. The highest BCUT2D eigenvalue weighted by Crippen LogP contribution is 2.37. The number of unbranched alkanes of at least 4 members (excludes halogenated alkanes) is 6. The number of hydrogen-bond acceptors (Lipinski definition) is 0. The van der Waals surface area contributed by atoms with Crippen LogP contribution in [-0.2, 0) is 6.42 Å². The van der Waals surface area contributed by atoms with E-state index < -0.39 is 0 Å². The first-order valence-electron chi connectivity index (χ1n) is 12.9. The van der Waals surface area contributed by atoms with Crippen molar-refractivity contribution in [3.05, 3.63) is 94.0 Å². The van der Waals surface area contributed by atoms with Crippen molar-refractivity contribution in [2.75, 3.05) is 0 Å². The predicted octanol–water partition coefficient (Wildman–Crippen LogP) is 9.61. The van der Waals surface area contributed by atoms with Crippen LogP contribution < -0.4 is 0 Å². The van der Waals surface area contributed by atoms with E-state index in [9.17, 15) is 5.53 Å². The molecule has 0 amide bonds. The molecule has 3 rings (SSSR count). The largest absolute Gasteiger partial charge is 0.493 e. The van der Waals surface area contributed by atoms with Gasteiger partial charge in [0.1, 0.15) is 0 Å². The van der Waals surface area contributed by atoms with Gasteiger partial charge in [0.05, 0.1) is 0 Å². The van der Waals surface area contributed by atoms with Crippen molar-refractivity contribution in [2.45, 2.75) is 85.0 Å². The molecule has 0 fully saturated rings. The zero-order valence-corrected chi connectivity index (χ0v) is 20.8. The van der Waals surface area contributed by atoms with E-state index in [1.165, 1.54) is 54.4 Å². The highest BCUT2D eigenvalue weighted by molar-refractivity contribution is 5.79. The normalized spacial score (nSPS) is 13.9. The minimum atomic E-state index is 0.886. The maximum absolute atomic E-state index is 11.3. The molecule has 2 heteroatoms. The summed E-state index contributed by atoms with van der Waals surface area (Å²) >= 11 is 0. The Labute approximate surface area is 201 Å². The molecule has 1 aliphatic rings. The molecule has 0 atom stereocenters. The lowest BCUT2D eigenvalue weighted by Gasteiger charge is -2.11. The molecule has 0 bridgehead atoms. The van der Waals surface area contributed by atoms with Crippen molar-refractivity contribution in [3.63, 3.8) is 0 Å². The van der Waals surface area contributed by atoms with Crippen LogP contribution in [0.25, 0.3) is 23.0 Å². The van der Waals surface area contributed by atoms with Crippen LogP contribution in [0, 0.1) is 0 Å². The van der Waals surface area contributed by atoms with E-state index in [1.807, 2.05) is 6.92 Å². The second kappa shape index (κ2) is 13.1. The average molecular weight is 441 g/mol. The van der Waals surface area contributed by atoms with Gasteiger partial charge < -0.3 is 5.53 Å². The van der Waals surface area contributed by atoms with Crippen molar-refractivity contribution < 1.29 is 4.70 Å². The number of nitrogens with zero attached hydrogens (tertiary/aromatic N) is 2. The second-order valence-electron chi connectivity index (χ2n) is 9.16. The maximum Gasteiger partial charge on any atom is 0.210 e. The molecular formula is C31H40N2. The number of hydrogen-bond donors (Lipinski definition) is 0. The third-order valence-corrected chi connectivity index (χ3v) is 6.42. The smallest absolute Gasteiger partial charge is 0.210 e. The van der Waals surface area contributed by atoms with Gasteiger partial charge >= 0.3 is 0 Å². The van der Waals surface area contributed by atoms with Gasteiger partial charge in [0.2, 0.25) is 11.4 Å². The van der Waals surface area contributed by atoms with Crippen molar-refractivity contribution >= 4 is 17.5 Å². The molecule has 1 aliphatic heterocycles. The maximum atomic E-state index is 11.3. The first kappa shape index (κ1) is 24.9. The standard InChI is InChI=1S/C31H40N2/c1-4-7-9-10-11-12-16-26-18-13-20-27(22-26)30-24-29(19-8-5-2)31(33(30)32)28-21-14-17-25(23-28)15-6-3/h6,13-15,17-18,20-24H,4-5,7-12,16,19H2,1-3H3. The Morgan fingerprint density at radius 1 is 0.788 bits per heavy atom. The van der Waals surface area contributed by atoms with Gasteiger partial charge in [-0.15, -0.1) is 0 Å². The molecular weight excluding hydrogens is 400 g/mol. The van der Waals surface area contributed by atoms with Crippen molar-refractivity contribution in [3.8, 4) is 0 Å². The van der Waals surface area contributed by atoms with E-state index in [2.05, 4.69) is 80.6 Å². The van der Waals surface area contributed by atoms with Gasteiger partial charge in [-0.1, -0.05) is 88.8 Å². The Morgan fingerprint density at radius 3 is 2.30 bits per heavy atom. The summed E-state index contributed by atoms with van der Waals surface area (Å²) in [5.74, 6) is 0. The fraction of sp³-hybridized carbons (Fsp3) is 0.419. The van der Waals surface area contributed by atoms with Crippen LogP contribution in [0.5, 0.6) is 0 Å². The summed E-state index contributed by atoms with van der Waals surface area (Å²) in [6.45, 7) is 6.51. The van der Waals surface area contributed by atoms with Gasteiger partial charge in [0.25, 0.3) is 0 Å². The topological polar surface area (TPSA) is 25.3 Å². The van der Waals surface area contributed by atoms with E-state index in [1.54, 1.807) is 0 Å². The lowest BCUT2D eigenvalue weighted by Crippen LogP contribution is -2.03. The SMILES string of the molecule is CC=Cc1cccc(C2=C(CCCC)C=C(c3cccc(CCCCCCCC)c3)[N+]2=[N-])c1. The van der Waals surface area contributed by atoms with Crippen LogP contribution in [0.1, 0.15) is 101 Å². The van der Waals surface area contributed by atoms with Gasteiger partial charge in [-0.2, -0.15) is 0 Å². The first-order valence-corrected chi connectivity index (χ1v) is 12.9. The lowest BCUT2D eigenvalue weighted by molar-refractivity contribution is -0.344. The highest BCUT2D eigenvalue weighted by atomic mass is 15.2. The molecule has 0 unspecified atom stereocenters. The van der Waals surface area contributed by atoms with Crippen LogP contribution in [0.15, 0.2) is 66.3 Å². The fourth-order valence-electron chi connectivity index (χ4n) is 4.60. The molecule has 0 N–H and O–H groups in total. The molecule has 0 saturated heterocycles. The molecule has 0 aromatic heterocycles. The zero-order valence-electron chi connectivity index (χ0n) is 20.8. The highest BCUT2D eigenvalue weighted by Gasteiger charge is 2.28. The van der Waals surface area contributed by atoms with Crippen molar-refractivity contribution in [1.29, 1.82) is 0 Å². The summed E-state index contributed by atoms with van der Waals surface area (Å²) in [6, 6.07) is 17.2. The van der Waals surface area contributed by atoms with Crippen LogP contribution in [0.2, 0.25) is 0 Å². The quantitative estimate of drug-likeness (QED) is 0.219. The molecule has 174 valence electrons. The Morgan fingerprint density at radius 2 is 1.52 bits per heavy atom. The van der Waals surface area contributed by atoms with Gasteiger partial charge in [0, 0.05) is 22.8 Å². The number of rotatable bonds is 13. The first-order chi connectivity index (χ1) is 16.2. The van der Waals surface area contributed by atoms with Crippen LogP contribution >= 0.6 is 0 Å². The zero-order chi connectivity index (χ0) is 23.5. The molecule has 0 spiro atoms. The molecule has 0 aliphatic carbocycles. The fourth-order valence-corrected chi connectivity index (χ4v) is 4.60. The van der Waals surface area contributed by atoms with Gasteiger partial charge in [-0.25, -0.2) is 4.70 Å². The number of allylic oxidation sites excluding steroid dienone is 3. The van der Waals surface area contributed by atoms with Gasteiger partial charge in [0.15, 0.2) is 0 Å². The molecule has 2 nitrogen and oxygen atoms in total. The Kier molecular flexibility index (Phi) is 9.87. The van der Waals surface area contributed by atoms with E-state index in [-0.39, 0.29) is 0 Å². The summed E-state index contributed by atoms with van der Waals surface area (Å²) in [4.78, 5) is 0. The molecule has 2 aromatic rings. The van der Waals surface area contributed by atoms with E-state index in [4.69, 9.17) is 0 Å². The monoisotopic (exact) mass is 440 g/mol. The molecule has 2 aromatic carbocycles. The molecule has 33 heavy (non-hydrogen) atoms. The Bertz CT molecular complexity index is 1020. The Hall–Kier alpha value is -2.74. The van der Waals surface area contributed by atoms with Crippen LogP contribution in [0.4, 0.5) is 0 Å². The minimum Gasteiger partial charge on any atom is -0.493 e. The average Bonchev–Trinajstić information content (AvgIpc) is 3.16. The molecule has 1 heterocycles. The summed E-state index contributed by atoms with van der Waals surface area (Å²) in [7, 11) is 0. The summed E-state index contributed by atoms with van der Waals surface area (Å²) in [6.07, 6.45) is 18.5. The predicted molar refractivity (Wildman–Crippen MR) is 143 cm³/mol. The third kappa shape index (κ3) is 6.87. The second-order valence-corrected chi connectivity index (χ2v) is 9.16. The lowest BCUT2D eigenvalue weighted by atomic mass is 10.0. The summed E-state index contributed by atoms with van der Waals surface area (Å²) in [5.41, 5.74) is 19.0. The van der Waals surface area contributed by atoms with Gasteiger partial charge in [-0.3, -0.25) is 0 Å². The Balaban J connectivity index is 1.79. The molecule has 0 radical (unpaired) electrons. The van der Waals surface area contributed by atoms with Gasteiger partial charge in [-0.05, 0) is 68.0 Å². The number of aryl methyl sites for hydroxylation is 1. The summed E-state index contributed by atoms with van der Waals surface area (Å²) in [5, 5.41) is 0. The van der Waals surface area contributed by atoms with Crippen LogP contribution in [-0.4, -0.2) is 4.70 Å². The van der Waals surface area contributed by atoms with E-state index in [0.717, 1.165) is 53.8 Å². The minimum absolute atomic E-state index is 0.886. The van der Waals surface area contributed by atoms with Crippen LogP contribution in [0.3, 0.4) is 0 Å². The van der Waals surface area contributed by atoms with E-state index >= 15 is 0 Å². The molecule has 0 saturated carbocycles. The third-order valence-electron chi connectivity index (χ3n) is 6.42. The van der Waals surface area contributed by atoms with Crippen molar-refractivity contribution in [1.82, 2.24) is 0 Å². The summed E-state index contributed by atoms with van der Waals surface area (Å²) < 4.78 is 1.42.